The summed E-state index contributed by atoms with van der Waals surface area (Å²) in [5.41, 5.74) is 2.61. The van der Waals surface area contributed by atoms with E-state index in [1.165, 1.54) is 0 Å². The minimum atomic E-state index is -0.717. The Morgan fingerprint density at radius 3 is 2.37 bits per heavy atom. The summed E-state index contributed by atoms with van der Waals surface area (Å²) in [5.74, 6) is 2.07. The zero-order valence-electron chi connectivity index (χ0n) is 26.4. The van der Waals surface area contributed by atoms with Crippen molar-refractivity contribution in [3.05, 3.63) is 102 Å². The summed E-state index contributed by atoms with van der Waals surface area (Å²) in [6, 6.07) is 29.7. The summed E-state index contributed by atoms with van der Waals surface area (Å²) in [4.78, 5) is 0. The number of aliphatic hydroxyl groups is 1. The predicted octanol–water partition coefficient (Wildman–Crippen LogP) is 5.23. The van der Waals surface area contributed by atoms with E-state index in [1.54, 1.807) is 26.4 Å². The lowest BCUT2D eigenvalue weighted by Gasteiger charge is -2.39. The van der Waals surface area contributed by atoms with Gasteiger partial charge in [0, 0.05) is 37.9 Å². The van der Waals surface area contributed by atoms with E-state index in [9.17, 15) is 10.4 Å². The number of benzene rings is 4. The molecule has 9 heteroatoms. The quantitative estimate of drug-likeness (QED) is 0.162. The standard InChI is InChI=1S/C37H42N2O7/c1-41-24-30(40)25-46-36-22-39-21-35(45-23-26-18-28-8-3-5-10-32(28)34(19-26)42-2)37(36)27-12-14-31(15-13-27)43-16-7-17-44-33-11-6-4-9-29(33)20-38/h3-6,8-15,18-19,30,35-37,39-40H,7,16-17,21-25H2,1-2H3/t30-,35+,36-,37-/m1/s1. The number of piperidine rings is 1. The number of hydrogen-bond donors (Lipinski definition) is 2. The third-order valence-corrected chi connectivity index (χ3v) is 8.01. The summed E-state index contributed by atoms with van der Waals surface area (Å²) in [6.07, 6.45) is -0.455. The van der Waals surface area contributed by atoms with Crippen LogP contribution in [0.3, 0.4) is 0 Å². The highest BCUT2D eigenvalue weighted by molar-refractivity contribution is 5.89. The third kappa shape index (κ3) is 8.75. The lowest BCUT2D eigenvalue weighted by Crippen LogP contribution is -2.51. The minimum absolute atomic E-state index is 0.0824. The Bertz CT molecular complexity index is 1570. The predicted molar refractivity (Wildman–Crippen MR) is 176 cm³/mol. The van der Waals surface area contributed by atoms with Gasteiger partial charge >= 0.3 is 0 Å². The molecule has 4 atom stereocenters. The molecule has 1 fully saturated rings. The van der Waals surface area contributed by atoms with Gasteiger partial charge < -0.3 is 38.8 Å². The van der Waals surface area contributed by atoms with E-state index in [4.69, 9.17) is 28.4 Å². The van der Waals surface area contributed by atoms with Crippen LogP contribution in [0.5, 0.6) is 17.2 Å². The van der Waals surface area contributed by atoms with E-state index in [0.717, 1.165) is 33.4 Å². The molecule has 9 nitrogen and oxygen atoms in total. The highest BCUT2D eigenvalue weighted by atomic mass is 16.5. The number of nitriles is 1. The highest BCUT2D eigenvalue weighted by Gasteiger charge is 2.36. The monoisotopic (exact) mass is 626 g/mol. The number of aliphatic hydroxyl groups excluding tert-OH is 1. The molecule has 4 aromatic rings. The summed E-state index contributed by atoms with van der Waals surface area (Å²) in [7, 11) is 3.25. The van der Waals surface area contributed by atoms with Crippen LogP contribution >= 0.6 is 0 Å². The molecule has 1 saturated heterocycles. The van der Waals surface area contributed by atoms with Gasteiger partial charge in [0.2, 0.25) is 0 Å². The molecule has 4 aromatic carbocycles. The molecule has 1 aliphatic heterocycles. The molecule has 242 valence electrons. The van der Waals surface area contributed by atoms with Gasteiger partial charge in [-0.2, -0.15) is 5.26 Å². The number of rotatable bonds is 16. The fourth-order valence-electron chi connectivity index (χ4n) is 5.78. The van der Waals surface area contributed by atoms with E-state index in [-0.39, 0.29) is 31.3 Å². The van der Waals surface area contributed by atoms with Gasteiger partial charge in [0.1, 0.15) is 29.4 Å². The van der Waals surface area contributed by atoms with Crippen LogP contribution in [0.4, 0.5) is 0 Å². The maximum absolute atomic E-state index is 10.3. The molecule has 1 heterocycles. The average Bonchev–Trinajstić information content (AvgIpc) is 3.10. The fourth-order valence-corrected chi connectivity index (χ4v) is 5.78. The second kappa shape index (κ2) is 16.9. The van der Waals surface area contributed by atoms with Crippen molar-refractivity contribution in [3.8, 4) is 23.3 Å². The van der Waals surface area contributed by atoms with Gasteiger partial charge in [-0.25, -0.2) is 0 Å². The molecule has 0 radical (unpaired) electrons. The smallest absolute Gasteiger partial charge is 0.137 e. The number of ether oxygens (including phenoxy) is 6. The zero-order chi connectivity index (χ0) is 32.1. The van der Waals surface area contributed by atoms with Gasteiger partial charge in [-0.05, 0) is 52.9 Å². The number of nitrogens with one attached hydrogen (secondary N) is 1. The molecular formula is C37H42N2O7. The molecule has 2 N–H and O–H groups in total. The van der Waals surface area contributed by atoms with Crippen LogP contribution in [0, 0.1) is 11.3 Å². The van der Waals surface area contributed by atoms with E-state index >= 15 is 0 Å². The number of nitrogens with zero attached hydrogens (tertiary/aromatic N) is 1. The first-order valence-corrected chi connectivity index (χ1v) is 15.6. The molecule has 0 bridgehead atoms. The topological polar surface area (TPSA) is 111 Å². The summed E-state index contributed by atoms with van der Waals surface area (Å²) in [6.45, 7) is 2.98. The van der Waals surface area contributed by atoms with E-state index in [1.807, 2.05) is 42.5 Å². The normalized spacial score (nSPS) is 18.5. The molecule has 5 rings (SSSR count). The van der Waals surface area contributed by atoms with E-state index < -0.39 is 6.10 Å². The van der Waals surface area contributed by atoms with Gasteiger partial charge in [-0.3, -0.25) is 0 Å². The van der Waals surface area contributed by atoms with Crippen molar-refractivity contribution in [2.24, 2.45) is 0 Å². The number of para-hydroxylation sites is 1. The minimum Gasteiger partial charge on any atom is -0.496 e. The van der Waals surface area contributed by atoms with Crippen molar-refractivity contribution in [2.75, 3.05) is 53.7 Å². The Balaban J connectivity index is 1.24. The van der Waals surface area contributed by atoms with Crippen molar-refractivity contribution >= 4 is 10.8 Å². The third-order valence-electron chi connectivity index (χ3n) is 8.01. The molecular weight excluding hydrogens is 584 g/mol. The molecule has 0 unspecified atom stereocenters. The van der Waals surface area contributed by atoms with Gasteiger partial charge in [-0.1, -0.05) is 48.5 Å². The first-order chi connectivity index (χ1) is 22.6. The molecule has 46 heavy (non-hydrogen) atoms. The first kappa shape index (κ1) is 33.2. The second-order valence-electron chi connectivity index (χ2n) is 11.3. The summed E-state index contributed by atoms with van der Waals surface area (Å²) >= 11 is 0. The van der Waals surface area contributed by atoms with Crippen molar-refractivity contribution in [3.63, 3.8) is 0 Å². The van der Waals surface area contributed by atoms with Crippen molar-refractivity contribution < 1.29 is 33.5 Å². The fraction of sp³-hybridized carbons (Fsp3) is 0.378. The average molecular weight is 627 g/mol. The molecule has 0 amide bonds. The number of fused-ring (bicyclic) bond motifs is 1. The van der Waals surface area contributed by atoms with Gasteiger partial charge in [0.05, 0.1) is 57.9 Å². The maximum Gasteiger partial charge on any atom is 0.137 e. The Hall–Kier alpha value is -4.17. The van der Waals surface area contributed by atoms with Crippen LogP contribution in [0.25, 0.3) is 10.8 Å². The van der Waals surface area contributed by atoms with Crippen LogP contribution in [0.1, 0.15) is 29.0 Å². The van der Waals surface area contributed by atoms with Crippen LogP contribution in [-0.4, -0.2) is 77.2 Å². The number of hydrogen-bond acceptors (Lipinski definition) is 9. The molecule has 0 spiro atoms. The van der Waals surface area contributed by atoms with Gasteiger partial charge in [-0.15, -0.1) is 0 Å². The largest absolute Gasteiger partial charge is 0.496 e. The molecule has 1 aliphatic rings. The zero-order valence-corrected chi connectivity index (χ0v) is 26.4. The maximum atomic E-state index is 10.3. The Morgan fingerprint density at radius 2 is 1.59 bits per heavy atom. The summed E-state index contributed by atoms with van der Waals surface area (Å²) < 4.78 is 35.4. The van der Waals surface area contributed by atoms with Gasteiger partial charge in [0.15, 0.2) is 0 Å². The Labute approximate surface area is 270 Å². The van der Waals surface area contributed by atoms with Crippen molar-refractivity contribution in [1.29, 1.82) is 5.26 Å². The highest BCUT2D eigenvalue weighted by Crippen LogP contribution is 2.33. The SMILES string of the molecule is COC[C@@H](O)CO[C@@H]1CNC[C@H](OCc2cc(OC)c3ccccc3c2)[C@H]1c1ccc(OCCCOc2ccccc2C#N)cc1. The van der Waals surface area contributed by atoms with Crippen LogP contribution in [0.2, 0.25) is 0 Å². The van der Waals surface area contributed by atoms with E-state index in [2.05, 4.69) is 41.7 Å². The van der Waals surface area contributed by atoms with Gasteiger partial charge in [0.25, 0.3) is 0 Å². The second-order valence-corrected chi connectivity index (χ2v) is 11.3. The summed E-state index contributed by atoms with van der Waals surface area (Å²) in [5, 5.41) is 25.1. The lowest BCUT2D eigenvalue weighted by atomic mass is 9.85. The van der Waals surface area contributed by atoms with Crippen molar-refractivity contribution in [2.45, 2.75) is 37.3 Å². The molecule has 0 saturated carbocycles. The first-order valence-electron chi connectivity index (χ1n) is 15.6. The van der Waals surface area contributed by atoms with E-state index in [0.29, 0.717) is 50.6 Å². The Morgan fingerprint density at radius 1 is 0.848 bits per heavy atom. The van der Waals surface area contributed by atoms with Crippen molar-refractivity contribution in [1.82, 2.24) is 5.32 Å². The molecule has 0 aliphatic carbocycles. The lowest BCUT2D eigenvalue weighted by molar-refractivity contribution is -0.0856. The Kier molecular flexibility index (Phi) is 12.2. The molecule has 0 aromatic heterocycles. The van der Waals surface area contributed by atoms with Crippen LogP contribution in [-0.2, 0) is 20.8 Å². The number of methoxy groups -OCH3 is 2. The van der Waals surface area contributed by atoms with Crippen LogP contribution < -0.4 is 19.5 Å². The van der Waals surface area contributed by atoms with Crippen LogP contribution in [0.15, 0.2) is 84.9 Å².